The second-order valence-corrected chi connectivity index (χ2v) is 15.8. The number of aliphatic imine (C=N–C) groups is 1. The Morgan fingerprint density at radius 1 is 0.692 bits per heavy atom. The number of unbranched alkanes of at least 4 members (excludes halogenated alkanes) is 3. The Morgan fingerprint density at radius 3 is 1.88 bits per heavy atom. The van der Waals surface area contributed by atoms with Crippen molar-refractivity contribution in [1.29, 1.82) is 0 Å². The van der Waals surface area contributed by atoms with Gasteiger partial charge >= 0.3 is 18.0 Å². The van der Waals surface area contributed by atoms with E-state index in [1.807, 2.05) is 5.32 Å². The summed E-state index contributed by atoms with van der Waals surface area (Å²) in [4.78, 5) is 134. The number of imide groups is 1. The van der Waals surface area contributed by atoms with Gasteiger partial charge in [0.1, 0.15) is 36.0 Å². The van der Waals surface area contributed by atoms with Crippen molar-refractivity contribution in [2.45, 2.75) is 120 Å². The Balaban J connectivity index is 2.41. The van der Waals surface area contributed by atoms with Crippen LogP contribution in [-0.2, 0) is 49.6 Å². The average molecular weight is 934 g/mol. The zero-order chi connectivity index (χ0) is 48.3. The third-order valence-electron chi connectivity index (χ3n) is 10.1. The third-order valence-corrected chi connectivity index (χ3v) is 10.5. The molecule has 0 spiro atoms. The minimum absolute atomic E-state index is 0.0179. The Morgan fingerprint density at radius 2 is 1.28 bits per heavy atom. The van der Waals surface area contributed by atoms with Gasteiger partial charge in [-0.05, 0) is 63.5 Å². The fraction of sp³-hybridized carbons (Fsp3) is 0.585. The third kappa shape index (κ3) is 22.2. The Kier molecular flexibility index (Phi) is 25.3. The fourth-order valence-corrected chi connectivity index (χ4v) is 6.84. The van der Waals surface area contributed by atoms with E-state index in [0.29, 0.717) is 37.7 Å². The van der Waals surface area contributed by atoms with Gasteiger partial charge in [0.25, 0.3) is 5.91 Å². The summed E-state index contributed by atoms with van der Waals surface area (Å²) in [6.07, 6.45) is 0.494. The minimum atomic E-state index is -1.87. The fourth-order valence-electron chi connectivity index (χ4n) is 6.55. The summed E-state index contributed by atoms with van der Waals surface area (Å²) in [7, 11) is 0. The lowest BCUT2D eigenvalue weighted by atomic mass is 10.0. The number of nitrogens with zero attached hydrogens (tertiary/aromatic N) is 1. The minimum Gasteiger partial charge on any atom is -0.481 e. The van der Waals surface area contributed by atoms with Gasteiger partial charge < -0.3 is 59.3 Å². The lowest BCUT2D eigenvalue weighted by molar-refractivity contribution is -0.143. The van der Waals surface area contributed by atoms with E-state index in [9.17, 15) is 53.1 Å². The summed E-state index contributed by atoms with van der Waals surface area (Å²) in [5.74, 6) is -9.29. The normalized spacial score (nSPS) is 20.3. The summed E-state index contributed by atoms with van der Waals surface area (Å²) in [6, 6.07) is -0.257. The van der Waals surface area contributed by atoms with Crippen LogP contribution in [0.25, 0.3) is 0 Å². The first-order chi connectivity index (χ1) is 30.9. The first kappa shape index (κ1) is 54.8. The molecule has 6 atom stereocenters. The van der Waals surface area contributed by atoms with E-state index in [1.54, 1.807) is 30.3 Å². The first-order valence-corrected chi connectivity index (χ1v) is 22.0. The van der Waals surface area contributed by atoms with Crippen molar-refractivity contribution in [2.75, 3.05) is 25.4 Å². The van der Waals surface area contributed by atoms with Gasteiger partial charge in [-0.15, -0.1) is 0 Å². The molecule has 0 aliphatic carbocycles. The molecule has 0 radical (unpaired) electrons. The molecule has 15 N–H and O–H groups in total. The van der Waals surface area contributed by atoms with Gasteiger partial charge in [0.05, 0.1) is 12.3 Å². The van der Waals surface area contributed by atoms with Gasteiger partial charge in [0.15, 0.2) is 5.96 Å². The van der Waals surface area contributed by atoms with Crippen molar-refractivity contribution in [3.63, 3.8) is 0 Å². The number of benzene rings is 1. The Hall–Kier alpha value is -6.30. The molecule has 6 unspecified atom stereocenters. The standard InChI is InChI=1S/C41H63N11O12S/c42-17-7-6-13-27-34(57)50-30(20-24-10-3-1-4-11-24)37(60)48-28(14-9-19-46-40(43)44)36(59)52-41(64)51-31(22-33(55)56)38(61)49-29(35(58)47-27)15-16-32(54)45-18-8-2-5-12-26(53)21-25(23-65)39(62)63/h1,3-4,10-11,25,27-31,65H,2,5-9,12-23,42H2,(H,45,54)(H,47,58)(H,48,60)(H,49,61)(H,50,57)(H,55,56)(H,62,63)(H4,43,44,46)(H2,51,52,59,64). The number of urea groups is 1. The molecule has 1 fully saturated rings. The van der Waals surface area contributed by atoms with Crippen LogP contribution in [0.4, 0.5) is 4.79 Å². The predicted molar refractivity (Wildman–Crippen MR) is 239 cm³/mol. The molecule has 1 heterocycles. The van der Waals surface area contributed by atoms with Crippen molar-refractivity contribution in [3.8, 4) is 0 Å². The molecule has 0 saturated carbocycles. The molecule has 360 valence electrons. The van der Waals surface area contributed by atoms with E-state index in [0.717, 1.165) is 0 Å². The van der Waals surface area contributed by atoms with Crippen LogP contribution >= 0.6 is 12.6 Å². The molecule has 1 aliphatic rings. The SMILES string of the molecule is NCCCCC1NC(=O)C(CCC(=O)NCCCCCC(=O)CC(CS)C(=O)O)NC(=O)C(CC(=O)O)NC(=O)NC(=O)C(CCCN=C(N)N)NC(=O)C(Cc2ccccc2)NC1=O. The number of Topliss-reactive ketones (excluding diaryl/α,β-unsaturated/α-hetero) is 1. The van der Waals surface area contributed by atoms with Crippen molar-refractivity contribution >= 4 is 77.8 Å². The largest absolute Gasteiger partial charge is 0.481 e. The van der Waals surface area contributed by atoms with Crippen molar-refractivity contribution in [2.24, 2.45) is 28.1 Å². The number of hydrogen-bond acceptors (Lipinski definition) is 13. The summed E-state index contributed by atoms with van der Waals surface area (Å²) in [5.41, 5.74) is 17.2. The van der Waals surface area contributed by atoms with Gasteiger partial charge in [-0.1, -0.05) is 36.8 Å². The van der Waals surface area contributed by atoms with E-state index < -0.39 is 96.0 Å². The maximum Gasteiger partial charge on any atom is 0.322 e. The highest BCUT2D eigenvalue weighted by Gasteiger charge is 2.34. The van der Waals surface area contributed by atoms with E-state index in [-0.39, 0.29) is 88.5 Å². The zero-order valence-electron chi connectivity index (χ0n) is 36.2. The van der Waals surface area contributed by atoms with Crippen LogP contribution in [0.5, 0.6) is 0 Å². The van der Waals surface area contributed by atoms with Gasteiger partial charge in [-0.25, -0.2) is 4.79 Å². The Labute approximate surface area is 381 Å². The molecule has 1 aromatic rings. The quantitative estimate of drug-likeness (QED) is 0.0220. The molecule has 24 heteroatoms. The smallest absolute Gasteiger partial charge is 0.322 e. The van der Waals surface area contributed by atoms with E-state index in [1.165, 1.54) is 0 Å². The second-order valence-electron chi connectivity index (χ2n) is 15.4. The predicted octanol–water partition coefficient (Wildman–Crippen LogP) is -1.92. The maximum absolute atomic E-state index is 14.1. The van der Waals surface area contributed by atoms with Gasteiger partial charge in [-0.3, -0.25) is 53.5 Å². The number of ketones is 1. The van der Waals surface area contributed by atoms with Gasteiger partial charge in [0, 0.05) is 44.5 Å². The summed E-state index contributed by atoms with van der Waals surface area (Å²) < 4.78 is 0. The Bertz CT molecular complexity index is 1830. The average Bonchev–Trinajstić information content (AvgIpc) is 3.25. The molecule has 2 rings (SSSR count). The number of rotatable bonds is 25. The van der Waals surface area contributed by atoms with Crippen LogP contribution in [-0.4, -0.2) is 131 Å². The molecular formula is C41H63N11O12S. The topological polar surface area (TPSA) is 386 Å². The van der Waals surface area contributed by atoms with Crippen molar-refractivity contribution in [1.82, 2.24) is 37.2 Å². The van der Waals surface area contributed by atoms with Crippen LogP contribution in [0.3, 0.4) is 0 Å². The number of guanidine groups is 1. The first-order valence-electron chi connectivity index (χ1n) is 21.4. The van der Waals surface area contributed by atoms with Crippen molar-refractivity contribution < 1.29 is 58.2 Å². The van der Waals surface area contributed by atoms with Crippen LogP contribution in [0.1, 0.15) is 89.0 Å². The number of nitrogens with two attached hydrogens (primary N) is 3. The molecule has 1 aliphatic heterocycles. The molecule has 23 nitrogen and oxygen atoms in total. The number of carbonyl (C=O) groups is 10. The van der Waals surface area contributed by atoms with E-state index in [2.05, 4.69) is 49.5 Å². The summed E-state index contributed by atoms with van der Waals surface area (Å²) >= 11 is 3.97. The van der Waals surface area contributed by atoms with E-state index >= 15 is 0 Å². The second kappa shape index (κ2) is 29.9. The highest BCUT2D eigenvalue weighted by Crippen LogP contribution is 2.12. The highest BCUT2D eigenvalue weighted by atomic mass is 32.1. The molecule has 0 aromatic heterocycles. The lowest BCUT2D eigenvalue weighted by Crippen LogP contribution is -2.59. The number of thiol groups is 1. The summed E-state index contributed by atoms with van der Waals surface area (Å²) in [6.45, 7) is 0.466. The number of carboxylic acids is 2. The van der Waals surface area contributed by atoms with Crippen LogP contribution in [0.2, 0.25) is 0 Å². The molecule has 0 bridgehead atoms. The molecule has 8 amide bonds. The van der Waals surface area contributed by atoms with Crippen LogP contribution in [0, 0.1) is 5.92 Å². The number of nitrogens with one attached hydrogen (secondary N) is 7. The van der Waals surface area contributed by atoms with Crippen LogP contribution < -0.4 is 54.4 Å². The van der Waals surface area contributed by atoms with Gasteiger partial charge in [0.2, 0.25) is 29.5 Å². The van der Waals surface area contributed by atoms with Crippen molar-refractivity contribution in [3.05, 3.63) is 35.9 Å². The number of aliphatic carboxylic acids is 2. The number of hydrogen-bond donors (Lipinski definition) is 13. The number of carboxylic acid groups (broad SMARTS) is 2. The molecule has 1 aromatic carbocycles. The molecule has 65 heavy (non-hydrogen) atoms. The highest BCUT2D eigenvalue weighted by molar-refractivity contribution is 7.80. The lowest BCUT2D eigenvalue weighted by Gasteiger charge is -2.26. The van der Waals surface area contributed by atoms with Crippen LogP contribution in [0.15, 0.2) is 35.3 Å². The summed E-state index contributed by atoms with van der Waals surface area (Å²) in [5, 5.41) is 35.8. The monoisotopic (exact) mass is 933 g/mol. The number of amides is 8. The molecule has 1 saturated heterocycles. The molecular weight excluding hydrogens is 871 g/mol. The van der Waals surface area contributed by atoms with Gasteiger partial charge in [-0.2, -0.15) is 12.6 Å². The van der Waals surface area contributed by atoms with E-state index in [4.69, 9.17) is 22.3 Å². The number of carbonyl (C=O) groups excluding carboxylic acids is 8. The maximum atomic E-state index is 14.1. The zero-order valence-corrected chi connectivity index (χ0v) is 37.1.